The average molecular weight is 492 g/mol. The maximum atomic E-state index is 12.4. The first kappa shape index (κ1) is 23.6. The van der Waals surface area contributed by atoms with Crippen molar-refractivity contribution in [1.82, 2.24) is 10.3 Å². The van der Waals surface area contributed by atoms with Crippen LogP contribution in [-0.4, -0.2) is 24.0 Å². The molecule has 0 saturated heterocycles. The van der Waals surface area contributed by atoms with Crippen LogP contribution in [0.4, 0.5) is 22.0 Å². The molecule has 0 saturated carbocycles. The number of carbonyl (C=O) groups is 2. The molecule has 3 aromatic carbocycles. The third-order valence-electron chi connectivity index (χ3n) is 6.04. The van der Waals surface area contributed by atoms with Crippen LogP contribution in [0, 0.1) is 6.92 Å². The molecular weight excluding hydrogens is 466 g/mol. The van der Waals surface area contributed by atoms with Crippen LogP contribution < -0.4 is 21.7 Å². The van der Waals surface area contributed by atoms with Crippen LogP contribution >= 0.6 is 0 Å². The average Bonchev–Trinajstić information content (AvgIpc) is 3.35. The van der Waals surface area contributed by atoms with Crippen molar-refractivity contribution in [3.8, 4) is 22.3 Å². The quantitative estimate of drug-likeness (QED) is 0.238. The molecule has 0 unspecified atom stereocenters. The fraction of sp³-hybridized carbons (Fsp3) is 0.0690. The van der Waals surface area contributed by atoms with Crippen molar-refractivity contribution in [1.29, 1.82) is 0 Å². The number of rotatable bonds is 5. The zero-order valence-electron chi connectivity index (χ0n) is 20.3. The molecule has 2 aromatic heterocycles. The zero-order chi connectivity index (χ0) is 25.9. The van der Waals surface area contributed by atoms with Gasteiger partial charge in [0, 0.05) is 41.3 Å². The minimum atomic E-state index is -0.326. The molecule has 3 amide bonds. The molecule has 0 spiro atoms. The number of benzene rings is 3. The van der Waals surface area contributed by atoms with Gasteiger partial charge in [-0.25, -0.2) is 9.78 Å². The van der Waals surface area contributed by atoms with Gasteiger partial charge in [0.1, 0.15) is 11.4 Å². The Morgan fingerprint density at radius 2 is 1.54 bits per heavy atom. The van der Waals surface area contributed by atoms with Crippen LogP contribution in [0.2, 0.25) is 0 Å². The molecule has 0 radical (unpaired) electrons. The second-order valence-electron chi connectivity index (χ2n) is 8.59. The van der Waals surface area contributed by atoms with Crippen molar-refractivity contribution in [3.63, 3.8) is 0 Å². The summed E-state index contributed by atoms with van der Waals surface area (Å²) >= 11 is 0. The number of carbonyl (C=O) groups excluding carboxylic acids is 2. The lowest BCUT2D eigenvalue weighted by Crippen LogP contribution is -2.19. The molecule has 184 valence electrons. The van der Waals surface area contributed by atoms with Gasteiger partial charge in [-0.1, -0.05) is 36.4 Å². The number of hydrogen-bond donors (Lipinski definition) is 4. The molecule has 2 heterocycles. The Bertz CT molecular complexity index is 1610. The summed E-state index contributed by atoms with van der Waals surface area (Å²) in [6.07, 6.45) is 3.32. The fourth-order valence-corrected chi connectivity index (χ4v) is 4.18. The number of hydrogen-bond acceptors (Lipinski definition) is 5. The first-order valence-corrected chi connectivity index (χ1v) is 11.7. The third-order valence-corrected chi connectivity index (χ3v) is 6.04. The Morgan fingerprint density at radius 1 is 0.865 bits per heavy atom. The minimum absolute atomic E-state index is 0.155. The number of nitrogens with one attached hydrogen (secondary N) is 3. The van der Waals surface area contributed by atoms with Gasteiger partial charge >= 0.3 is 6.03 Å². The molecule has 5 rings (SSSR count). The van der Waals surface area contributed by atoms with Gasteiger partial charge in [-0.2, -0.15) is 0 Å². The Morgan fingerprint density at radius 3 is 2.24 bits per heavy atom. The van der Waals surface area contributed by atoms with Crippen LogP contribution in [0.15, 0.2) is 89.7 Å². The lowest BCUT2D eigenvalue weighted by molar-refractivity contribution is 0.0963. The summed E-state index contributed by atoms with van der Waals surface area (Å²) in [4.78, 5) is 28.7. The summed E-state index contributed by atoms with van der Waals surface area (Å²) in [6, 6.07) is 21.9. The summed E-state index contributed by atoms with van der Waals surface area (Å²) in [6.45, 7) is 1.97. The lowest BCUT2D eigenvalue weighted by Gasteiger charge is -2.09. The summed E-state index contributed by atoms with van der Waals surface area (Å²) in [5.41, 5.74) is 13.1. The van der Waals surface area contributed by atoms with Crippen LogP contribution in [-0.2, 0) is 0 Å². The molecular formula is C29H25N5O3. The monoisotopic (exact) mass is 491 g/mol. The van der Waals surface area contributed by atoms with Crippen LogP contribution in [0.1, 0.15) is 15.9 Å². The summed E-state index contributed by atoms with van der Waals surface area (Å²) in [7, 11) is 1.59. The predicted molar refractivity (Wildman–Crippen MR) is 147 cm³/mol. The van der Waals surface area contributed by atoms with Crippen molar-refractivity contribution in [2.24, 2.45) is 0 Å². The van der Waals surface area contributed by atoms with Crippen LogP contribution in [0.5, 0.6) is 0 Å². The van der Waals surface area contributed by atoms with Gasteiger partial charge in [-0.15, -0.1) is 0 Å². The molecule has 8 nitrogen and oxygen atoms in total. The number of anilines is 3. The van der Waals surface area contributed by atoms with Gasteiger partial charge in [0.25, 0.3) is 5.91 Å². The van der Waals surface area contributed by atoms with Crippen molar-refractivity contribution < 1.29 is 14.0 Å². The molecule has 0 atom stereocenters. The molecule has 5 N–H and O–H groups in total. The highest BCUT2D eigenvalue weighted by Gasteiger charge is 2.17. The van der Waals surface area contributed by atoms with Crippen molar-refractivity contribution in [2.45, 2.75) is 6.92 Å². The second-order valence-corrected chi connectivity index (χ2v) is 8.59. The number of amides is 3. The Kier molecular flexibility index (Phi) is 6.30. The van der Waals surface area contributed by atoms with E-state index in [9.17, 15) is 9.59 Å². The minimum Gasteiger partial charge on any atom is -0.463 e. The van der Waals surface area contributed by atoms with E-state index in [1.54, 1.807) is 31.6 Å². The zero-order valence-corrected chi connectivity index (χ0v) is 20.3. The van der Waals surface area contributed by atoms with Gasteiger partial charge in [0.05, 0.1) is 11.6 Å². The van der Waals surface area contributed by atoms with Gasteiger partial charge in [0.15, 0.2) is 0 Å². The Balaban J connectivity index is 1.39. The number of nitrogens with zero attached hydrogens (tertiary/aromatic N) is 1. The summed E-state index contributed by atoms with van der Waals surface area (Å²) < 4.78 is 5.96. The fourth-order valence-electron chi connectivity index (χ4n) is 4.18. The predicted octanol–water partition coefficient (Wildman–Crippen LogP) is 6.06. The maximum absolute atomic E-state index is 12.4. The second kappa shape index (κ2) is 9.87. The third kappa shape index (κ3) is 4.85. The molecule has 0 aliphatic carbocycles. The molecule has 0 aliphatic rings. The van der Waals surface area contributed by atoms with Crippen molar-refractivity contribution >= 4 is 40.1 Å². The maximum Gasteiger partial charge on any atom is 0.323 e. The number of aromatic nitrogens is 1. The number of furan rings is 1. The molecule has 0 aliphatic heterocycles. The number of aryl methyl sites for hydroxylation is 1. The number of nitrogen functional groups attached to an aromatic ring is 1. The van der Waals surface area contributed by atoms with E-state index in [-0.39, 0.29) is 11.9 Å². The normalized spacial score (nSPS) is 10.8. The molecule has 37 heavy (non-hydrogen) atoms. The van der Waals surface area contributed by atoms with E-state index in [1.807, 2.05) is 67.6 Å². The summed E-state index contributed by atoms with van der Waals surface area (Å²) in [5, 5.41) is 8.98. The summed E-state index contributed by atoms with van der Waals surface area (Å²) in [5.74, 6) is 0.196. The Labute approximate surface area is 213 Å². The highest BCUT2D eigenvalue weighted by atomic mass is 16.3. The molecule has 5 aromatic rings. The number of pyridine rings is 1. The Hall–Kier alpha value is -5.11. The topological polar surface area (TPSA) is 122 Å². The van der Waals surface area contributed by atoms with E-state index < -0.39 is 0 Å². The first-order valence-electron chi connectivity index (χ1n) is 11.7. The van der Waals surface area contributed by atoms with Gasteiger partial charge < -0.3 is 26.1 Å². The van der Waals surface area contributed by atoms with Gasteiger partial charge in [0.2, 0.25) is 0 Å². The van der Waals surface area contributed by atoms with E-state index >= 15 is 0 Å². The number of urea groups is 1. The van der Waals surface area contributed by atoms with Gasteiger partial charge in [-0.05, 0) is 60.0 Å². The highest BCUT2D eigenvalue weighted by molar-refractivity contribution is 6.07. The van der Waals surface area contributed by atoms with Crippen molar-refractivity contribution in [3.05, 3.63) is 96.4 Å². The van der Waals surface area contributed by atoms with Crippen LogP contribution in [0.25, 0.3) is 33.2 Å². The standard InChI is InChI=1S/C29H25N5O3/c1-17-4-3-5-22(14-17)34-29(36)33-21-12-10-19(11-13-21)24-16-37-26-23(15-32-27(30)25(24)26)18-6-8-20(9-7-18)28(35)31-2/h3-16H,1-2H3,(H2,30,32)(H,31,35)(H2,33,34,36). The van der Waals surface area contributed by atoms with E-state index in [2.05, 4.69) is 20.9 Å². The van der Waals surface area contributed by atoms with Crippen LogP contribution in [0.3, 0.4) is 0 Å². The largest absolute Gasteiger partial charge is 0.463 e. The van der Waals surface area contributed by atoms with Crippen molar-refractivity contribution in [2.75, 3.05) is 23.4 Å². The van der Waals surface area contributed by atoms with E-state index in [1.165, 1.54) is 0 Å². The SMILES string of the molecule is CNC(=O)c1ccc(-c2cnc(N)c3c(-c4ccc(NC(=O)Nc5cccc(C)c5)cc4)coc23)cc1. The van der Waals surface area contributed by atoms with E-state index in [0.29, 0.717) is 28.0 Å². The number of fused-ring (bicyclic) bond motifs is 1. The van der Waals surface area contributed by atoms with E-state index in [4.69, 9.17) is 10.2 Å². The molecule has 0 fully saturated rings. The lowest BCUT2D eigenvalue weighted by atomic mass is 10.0. The highest BCUT2D eigenvalue weighted by Crippen LogP contribution is 2.39. The molecule has 0 bridgehead atoms. The van der Waals surface area contributed by atoms with Gasteiger partial charge in [-0.3, -0.25) is 4.79 Å². The number of nitrogens with two attached hydrogens (primary N) is 1. The smallest absolute Gasteiger partial charge is 0.323 e. The van der Waals surface area contributed by atoms with E-state index in [0.717, 1.165) is 33.5 Å². The first-order chi connectivity index (χ1) is 17.9. The molecule has 8 heteroatoms.